The second-order valence-corrected chi connectivity index (χ2v) is 5.69. The number of nitrogen functional groups attached to an aromatic ring is 1. The maximum atomic E-state index is 12.8. The SMILES string of the molecule is CNC(=O)c1cc2c(=O)c3cc(C(C)C)ccc3oc2nc1N. The van der Waals surface area contributed by atoms with Gasteiger partial charge < -0.3 is 15.5 Å². The molecular weight excluding hydrogens is 294 g/mol. The van der Waals surface area contributed by atoms with E-state index in [1.54, 1.807) is 6.07 Å². The van der Waals surface area contributed by atoms with Crippen LogP contribution in [-0.4, -0.2) is 17.9 Å². The molecule has 0 atom stereocenters. The van der Waals surface area contributed by atoms with Crippen molar-refractivity contribution in [3.05, 3.63) is 45.6 Å². The lowest BCUT2D eigenvalue weighted by molar-refractivity contribution is 0.0964. The monoisotopic (exact) mass is 311 g/mol. The number of pyridine rings is 1. The number of carbonyl (C=O) groups excluding carboxylic acids is 1. The molecule has 3 rings (SSSR count). The smallest absolute Gasteiger partial charge is 0.254 e. The number of nitrogens with two attached hydrogens (primary N) is 1. The number of nitrogens with one attached hydrogen (secondary N) is 1. The molecule has 0 bridgehead atoms. The quantitative estimate of drug-likeness (QED) is 0.708. The number of nitrogens with zero attached hydrogens (tertiary/aromatic N) is 1. The topological polar surface area (TPSA) is 98.2 Å². The third kappa shape index (κ3) is 2.42. The van der Waals surface area contributed by atoms with Crippen LogP contribution >= 0.6 is 0 Å². The molecule has 1 aromatic carbocycles. The van der Waals surface area contributed by atoms with Crippen LogP contribution < -0.4 is 16.5 Å². The van der Waals surface area contributed by atoms with Gasteiger partial charge in [-0.2, -0.15) is 4.98 Å². The van der Waals surface area contributed by atoms with E-state index in [4.69, 9.17) is 10.2 Å². The number of hydrogen-bond acceptors (Lipinski definition) is 5. The van der Waals surface area contributed by atoms with Crippen molar-refractivity contribution in [1.29, 1.82) is 0 Å². The van der Waals surface area contributed by atoms with E-state index in [1.165, 1.54) is 13.1 Å². The van der Waals surface area contributed by atoms with E-state index in [0.717, 1.165) is 5.56 Å². The summed E-state index contributed by atoms with van der Waals surface area (Å²) in [6, 6.07) is 6.94. The number of amides is 1. The van der Waals surface area contributed by atoms with Crippen molar-refractivity contribution in [1.82, 2.24) is 10.3 Å². The van der Waals surface area contributed by atoms with Crippen LogP contribution in [0, 0.1) is 0 Å². The number of fused-ring (bicyclic) bond motifs is 2. The number of benzene rings is 1. The minimum atomic E-state index is -0.396. The first-order chi connectivity index (χ1) is 10.9. The average molecular weight is 311 g/mol. The molecule has 2 heterocycles. The van der Waals surface area contributed by atoms with Crippen LogP contribution in [0.5, 0.6) is 0 Å². The molecule has 0 fully saturated rings. The number of hydrogen-bond donors (Lipinski definition) is 2. The third-order valence-corrected chi connectivity index (χ3v) is 3.85. The second kappa shape index (κ2) is 5.39. The highest BCUT2D eigenvalue weighted by molar-refractivity contribution is 6.02. The summed E-state index contributed by atoms with van der Waals surface area (Å²) < 4.78 is 5.69. The Kier molecular flexibility index (Phi) is 3.52. The van der Waals surface area contributed by atoms with Crippen LogP contribution in [0.25, 0.3) is 22.1 Å². The molecule has 6 nitrogen and oxygen atoms in total. The van der Waals surface area contributed by atoms with Crippen LogP contribution in [0.3, 0.4) is 0 Å². The molecule has 0 aliphatic heterocycles. The predicted octanol–water partition coefficient (Wildman–Crippen LogP) is 2.41. The molecule has 0 saturated heterocycles. The Morgan fingerprint density at radius 2 is 2.00 bits per heavy atom. The minimum Gasteiger partial charge on any atom is -0.437 e. The van der Waals surface area contributed by atoms with Gasteiger partial charge in [-0.05, 0) is 29.7 Å². The molecule has 0 aliphatic rings. The summed E-state index contributed by atoms with van der Waals surface area (Å²) in [6.07, 6.45) is 0. The molecule has 1 amide bonds. The van der Waals surface area contributed by atoms with Crippen LogP contribution in [0.4, 0.5) is 5.82 Å². The van der Waals surface area contributed by atoms with Crippen molar-refractivity contribution >= 4 is 33.8 Å². The summed E-state index contributed by atoms with van der Waals surface area (Å²) in [5, 5.41) is 3.19. The van der Waals surface area contributed by atoms with Gasteiger partial charge in [-0.15, -0.1) is 0 Å². The Bertz CT molecular complexity index is 990. The largest absolute Gasteiger partial charge is 0.437 e. The van der Waals surface area contributed by atoms with Gasteiger partial charge in [0.05, 0.1) is 16.3 Å². The highest BCUT2D eigenvalue weighted by Gasteiger charge is 2.16. The number of aromatic nitrogens is 1. The van der Waals surface area contributed by atoms with Gasteiger partial charge in [-0.3, -0.25) is 9.59 Å². The second-order valence-electron chi connectivity index (χ2n) is 5.69. The Morgan fingerprint density at radius 3 is 2.65 bits per heavy atom. The molecule has 3 aromatic rings. The molecule has 3 N–H and O–H groups in total. The Hall–Kier alpha value is -2.89. The van der Waals surface area contributed by atoms with Crippen molar-refractivity contribution < 1.29 is 9.21 Å². The highest BCUT2D eigenvalue weighted by Crippen LogP contribution is 2.24. The number of anilines is 1. The molecule has 2 aromatic heterocycles. The van der Waals surface area contributed by atoms with Crippen molar-refractivity contribution in [2.24, 2.45) is 0 Å². The fourth-order valence-electron chi connectivity index (χ4n) is 2.49. The third-order valence-electron chi connectivity index (χ3n) is 3.85. The zero-order valence-corrected chi connectivity index (χ0v) is 13.1. The summed E-state index contributed by atoms with van der Waals surface area (Å²) in [7, 11) is 1.49. The molecular formula is C17H17N3O3. The Balaban J connectivity index is 2.38. The summed E-state index contributed by atoms with van der Waals surface area (Å²) in [5.74, 6) is -0.0778. The molecule has 23 heavy (non-hydrogen) atoms. The van der Waals surface area contributed by atoms with E-state index in [0.29, 0.717) is 16.9 Å². The highest BCUT2D eigenvalue weighted by atomic mass is 16.3. The van der Waals surface area contributed by atoms with E-state index in [-0.39, 0.29) is 27.9 Å². The molecule has 6 heteroatoms. The summed E-state index contributed by atoms with van der Waals surface area (Å²) in [4.78, 5) is 28.7. The first kappa shape index (κ1) is 15.0. The van der Waals surface area contributed by atoms with E-state index >= 15 is 0 Å². The first-order valence-electron chi connectivity index (χ1n) is 7.31. The lowest BCUT2D eigenvalue weighted by Crippen LogP contribution is -2.20. The molecule has 0 unspecified atom stereocenters. The Morgan fingerprint density at radius 1 is 1.26 bits per heavy atom. The van der Waals surface area contributed by atoms with Gasteiger partial charge in [-0.25, -0.2) is 0 Å². The molecule has 0 aliphatic carbocycles. The zero-order chi connectivity index (χ0) is 16.7. The van der Waals surface area contributed by atoms with Gasteiger partial charge in [0.15, 0.2) is 0 Å². The maximum absolute atomic E-state index is 12.8. The van der Waals surface area contributed by atoms with Crippen molar-refractivity contribution in [3.8, 4) is 0 Å². The van der Waals surface area contributed by atoms with E-state index in [9.17, 15) is 9.59 Å². The fraction of sp³-hybridized carbons (Fsp3) is 0.235. The number of carbonyl (C=O) groups is 1. The first-order valence-corrected chi connectivity index (χ1v) is 7.31. The van der Waals surface area contributed by atoms with Crippen molar-refractivity contribution in [2.45, 2.75) is 19.8 Å². The maximum Gasteiger partial charge on any atom is 0.254 e. The summed E-state index contributed by atoms with van der Waals surface area (Å²) in [5.41, 5.74) is 7.35. The van der Waals surface area contributed by atoms with Crippen LogP contribution in [0.15, 0.2) is 33.5 Å². The molecule has 0 saturated carbocycles. The van der Waals surface area contributed by atoms with Gasteiger partial charge in [-0.1, -0.05) is 19.9 Å². The zero-order valence-electron chi connectivity index (χ0n) is 13.1. The summed E-state index contributed by atoms with van der Waals surface area (Å²) in [6.45, 7) is 4.10. The van der Waals surface area contributed by atoms with Crippen molar-refractivity contribution in [2.75, 3.05) is 12.8 Å². The molecule has 0 spiro atoms. The Labute approximate surface area is 132 Å². The van der Waals surface area contributed by atoms with Crippen LogP contribution in [-0.2, 0) is 0 Å². The van der Waals surface area contributed by atoms with Gasteiger partial charge >= 0.3 is 0 Å². The van der Waals surface area contributed by atoms with Gasteiger partial charge in [0.25, 0.3) is 5.91 Å². The van der Waals surface area contributed by atoms with Gasteiger partial charge in [0.1, 0.15) is 11.4 Å². The minimum absolute atomic E-state index is 0.0261. The van der Waals surface area contributed by atoms with Gasteiger partial charge in [0.2, 0.25) is 11.1 Å². The molecule has 0 radical (unpaired) electrons. The van der Waals surface area contributed by atoms with Crippen LogP contribution in [0.1, 0.15) is 35.7 Å². The average Bonchev–Trinajstić information content (AvgIpc) is 2.53. The standard InChI is InChI=1S/C17H17N3O3/c1-8(2)9-4-5-13-10(6-9)14(21)11-7-12(16(22)19-3)15(18)20-17(11)23-13/h4-8H,1-3H3,(H2,18,20)(H,19,22). The number of rotatable bonds is 2. The summed E-state index contributed by atoms with van der Waals surface area (Å²) >= 11 is 0. The lowest BCUT2D eigenvalue weighted by Gasteiger charge is -2.08. The van der Waals surface area contributed by atoms with E-state index in [1.807, 2.05) is 12.1 Å². The van der Waals surface area contributed by atoms with E-state index < -0.39 is 5.91 Å². The molecule has 118 valence electrons. The van der Waals surface area contributed by atoms with E-state index in [2.05, 4.69) is 24.1 Å². The van der Waals surface area contributed by atoms with Crippen LogP contribution in [0.2, 0.25) is 0 Å². The lowest BCUT2D eigenvalue weighted by atomic mass is 10.0. The predicted molar refractivity (Wildman–Crippen MR) is 89.7 cm³/mol. The fourth-order valence-corrected chi connectivity index (χ4v) is 2.49. The van der Waals surface area contributed by atoms with Gasteiger partial charge in [0, 0.05) is 7.05 Å². The normalized spacial score (nSPS) is 11.3. The van der Waals surface area contributed by atoms with Crippen molar-refractivity contribution in [3.63, 3.8) is 0 Å².